The van der Waals surface area contributed by atoms with Crippen LogP contribution in [0, 0.1) is 0 Å². The van der Waals surface area contributed by atoms with Crippen LogP contribution in [-0.2, 0) is 0 Å². The van der Waals surface area contributed by atoms with Gasteiger partial charge in [0.15, 0.2) is 0 Å². The molecule has 0 amide bonds. The van der Waals surface area contributed by atoms with Crippen molar-refractivity contribution in [2.45, 2.75) is 39.2 Å². The number of hydrogen-bond donors (Lipinski definition) is 1. The largest absolute Gasteiger partial charge is 0.315 e. The van der Waals surface area contributed by atoms with Crippen molar-refractivity contribution < 1.29 is 0 Å². The van der Waals surface area contributed by atoms with Crippen molar-refractivity contribution in [2.24, 2.45) is 0 Å². The fourth-order valence-corrected chi connectivity index (χ4v) is 0.604. The van der Waals surface area contributed by atoms with Crippen LogP contribution in [0.4, 0.5) is 0 Å². The third-order valence-electron chi connectivity index (χ3n) is 2.16. The van der Waals surface area contributed by atoms with Gasteiger partial charge in [-0.15, -0.1) is 0 Å². The maximum absolute atomic E-state index is 3.28. The Hall–Kier alpha value is -0.0400. The molecule has 1 heteroatoms. The first kappa shape index (κ1) is 7.96. The highest BCUT2D eigenvalue weighted by Gasteiger charge is 2.14. The molecule has 0 fully saturated rings. The second-order valence-electron chi connectivity index (χ2n) is 2.52. The Morgan fingerprint density at radius 1 is 1.25 bits per heavy atom. The highest BCUT2D eigenvalue weighted by molar-refractivity contribution is 4.76. The molecule has 0 unspecified atom stereocenters. The van der Waals surface area contributed by atoms with E-state index in [0.717, 1.165) is 0 Å². The lowest BCUT2D eigenvalue weighted by Crippen LogP contribution is -2.37. The predicted molar refractivity (Wildman–Crippen MR) is 38.0 cm³/mol. The summed E-state index contributed by atoms with van der Waals surface area (Å²) in [6, 6.07) is 0. The fourth-order valence-electron chi connectivity index (χ4n) is 0.604. The number of nitrogens with one attached hydrogen (secondary N) is 1. The quantitative estimate of drug-likeness (QED) is 0.591. The second kappa shape index (κ2) is 3.08. The van der Waals surface area contributed by atoms with Gasteiger partial charge in [0.25, 0.3) is 0 Å². The maximum Gasteiger partial charge on any atom is 0.0145 e. The predicted octanol–water partition coefficient (Wildman–Crippen LogP) is 1.78. The Morgan fingerprint density at radius 3 is 1.62 bits per heavy atom. The fraction of sp³-hybridized carbons (Fsp3) is 1.00. The summed E-state index contributed by atoms with van der Waals surface area (Å²) >= 11 is 0. The van der Waals surface area contributed by atoms with Gasteiger partial charge in [-0.25, -0.2) is 0 Å². The SMILES string of the molecule is CCC(C)(CC)NC. The van der Waals surface area contributed by atoms with Crippen LogP contribution in [-0.4, -0.2) is 12.6 Å². The van der Waals surface area contributed by atoms with Crippen LogP contribution in [0.25, 0.3) is 0 Å². The third-order valence-corrected chi connectivity index (χ3v) is 2.16. The molecule has 0 saturated heterocycles. The van der Waals surface area contributed by atoms with Crippen LogP contribution in [0.1, 0.15) is 33.6 Å². The molecule has 0 heterocycles. The van der Waals surface area contributed by atoms with Crippen molar-refractivity contribution in [3.8, 4) is 0 Å². The standard InChI is InChI=1S/C7H17N/c1-5-7(3,6-2)8-4/h8H,5-6H2,1-4H3. The van der Waals surface area contributed by atoms with Crippen molar-refractivity contribution in [1.29, 1.82) is 0 Å². The molecule has 8 heavy (non-hydrogen) atoms. The van der Waals surface area contributed by atoms with Crippen LogP contribution < -0.4 is 5.32 Å². The topological polar surface area (TPSA) is 12.0 Å². The van der Waals surface area contributed by atoms with Crippen molar-refractivity contribution in [3.05, 3.63) is 0 Å². The zero-order valence-corrected chi connectivity index (χ0v) is 6.41. The van der Waals surface area contributed by atoms with Gasteiger partial charge in [0.1, 0.15) is 0 Å². The highest BCUT2D eigenvalue weighted by atomic mass is 14.9. The van der Waals surface area contributed by atoms with Crippen molar-refractivity contribution >= 4 is 0 Å². The number of rotatable bonds is 3. The smallest absolute Gasteiger partial charge is 0.0145 e. The summed E-state index contributed by atoms with van der Waals surface area (Å²) in [4.78, 5) is 0. The van der Waals surface area contributed by atoms with E-state index in [1.54, 1.807) is 0 Å². The normalized spacial score (nSPS) is 12.0. The Labute approximate surface area is 52.5 Å². The lowest BCUT2D eigenvalue weighted by atomic mass is 9.96. The lowest BCUT2D eigenvalue weighted by molar-refractivity contribution is 0.359. The van der Waals surface area contributed by atoms with Crippen molar-refractivity contribution in [3.63, 3.8) is 0 Å². The molecule has 0 spiro atoms. The Kier molecular flexibility index (Phi) is 3.06. The summed E-state index contributed by atoms with van der Waals surface area (Å²) in [7, 11) is 2.02. The van der Waals surface area contributed by atoms with E-state index in [0.29, 0.717) is 5.54 Å². The lowest BCUT2D eigenvalue weighted by Gasteiger charge is -2.25. The van der Waals surface area contributed by atoms with E-state index in [9.17, 15) is 0 Å². The van der Waals surface area contributed by atoms with E-state index < -0.39 is 0 Å². The van der Waals surface area contributed by atoms with Gasteiger partial charge in [0.2, 0.25) is 0 Å². The maximum atomic E-state index is 3.28. The molecular weight excluding hydrogens is 98.1 g/mol. The van der Waals surface area contributed by atoms with Gasteiger partial charge < -0.3 is 5.32 Å². The molecule has 1 N–H and O–H groups in total. The molecule has 0 rings (SSSR count). The van der Waals surface area contributed by atoms with E-state index in [-0.39, 0.29) is 0 Å². The summed E-state index contributed by atoms with van der Waals surface area (Å²) in [5, 5.41) is 3.28. The molecule has 0 saturated carbocycles. The summed E-state index contributed by atoms with van der Waals surface area (Å²) in [6.45, 7) is 6.66. The zero-order chi connectivity index (χ0) is 6.62. The van der Waals surface area contributed by atoms with Crippen LogP contribution in [0.3, 0.4) is 0 Å². The van der Waals surface area contributed by atoms with E-state index >= 15 is 0 Å². The van der Waals surface area contributed by atoms with Crippen molar-refractivity contribution in [2.75, 3.05) is 7.05 Å². The zero-order valence-electron chi connectivity index (χ0n) is 6.41. The molecule has 1 nitrogen and oxygen atoms in total. The second-order valence-corrected chi connectivity index (χ2v) is 2.52. The highest BCUT2D eigenvalue weighted by Crippen LogP contribution is 2.11. The summed E-state index contributed by atoms with van der Waals surface area (Å²) in [6.07, 6.45) is 2.42. The number of hydrogen-bond acceptors (Lipinski definition) is 1. The van der Waals surface area contributed by atoms with Crippen molar-refractivity contribution in [1.82, 2.24) is 5.32 Å². The van der Waals surface area contributed by atoms with Crippen LogP contribution in [0.5, 0.6) is 0 Å². The molecule has 0 radical (unpaired) electrons. The van der Waals surface area contributed by atoms with Crippen LogP contribution >= 0.6 is 0 Å². The van der Waals surface area contributed by atoms with E-state index in [1.165, 1.54) is 12.8 Å². The summed E-state index contributed by atoms with van der Waals surface area (Å²) in [5.74, 6) is 0. The molecule has 0 bridgehead atoms. The summed E-state index contributed by atoms with van der Waals surface area (Å²) in [5.41, 5.74) is 0.375. The van der Waals surface area contributed by atoms with Crippen LogP contribution in [0.15, 0.2) is 0 Å². The van der Waals surface area contributed by atoms with Gasteiger partial charge in [-0.2, -0.15) is 0 Å². The minimum absolute atomic E-state index is 0.375. The first-order valence-electron chi connectivity index (χ1n) is 3.37. The first-order valence-corrected chi connectivity index (χ1v) is 3.37. The minimum atomic E-state index is 0.375. The average Bonchev–Trinajstić information content (AvgIpc) is 1.87. The van der Waals surface area contributed by atoms with Gasteiger partial charge in [-0.05, 0) is 26.8 Å². The first-order chi connectivity index (χ1) is 3.68. The molecular formula is C7H17N. The molecule has 0 aliphatic heterocycles. The van der Waals surface area contributed by atoms with Gasteiger partial charge in [0.05, 0.1) is 0 Å². The summed E-state index contributed by atoms with van der Waals surface area (Å²) < 4.78 is 0. The Morgan fingerprint density at radius 2 is 1.62 bits per heavy atom. The minimum Gasteiger partial charge on any atom is -0.315 e. The molecule has 0 atom stereocenters. The molecule has 0 aliphatic carbocycles. The third kappa shape index (κ3) is 1.83. The van der Waals surface area contributed by atoms with Gasteiger partial charge >= 0.3 is 0 Å². The monoisotopic (exact) mass is 115 g/mol. The van der Waals surface area contributed by atoms with Gasteiger partial charge in [-0.1, -0.05) is 13.8 Å². The van der Waals surface area contributed by atoms with Gasteiger partial charge in [-0.3, -0.25) is 0 Å². The van der Waals surface area contributed by atoms with E-state index in [4.69, 9.17) is 0 Å². The molecule has 0 aromatic heterocycles. The molecule has 0 aromatic rings. The molecule has 0 aromatic carbocycles. The molecule has 50 valence electrons. The Balaban J connectivity index is 3.58. The Bertz CT molecular complexity index is 47.1. The average molecular weight is 115 g/mol. The molecule has 0 aliphatic rings. The van der Waals surface area contributed by atoms with Crippen LogP contribution in [0.2, 0.25) is 0 Å². The van der Waals surface area contributed by atoms with E-state index in [1.807, 2.05) is 7.05 Å². The van der Waals surface area contributed by atoms with Gasteiger partial charge in [0, 0.05) is 5.54 Å². The van der Waals surface area contributed by atoms with E-state index in [2.05, 4.69) is 26.1 Å².